The second-order valence-corrected chi connectivity index (χ2v) is 6.85. The number of benzene rings is 2. The average Bonchev–Trinajstić information content (AvgIpc) is 3.10. The van der Waals surface area contributed by atoms with E-state index in [1.54, 1.807) is 25.1 Å². The van der Waals surface area contributed by atoms with Crippen molar-refractivity contribution in [3.63, 3.8) is 0 Å². The van der Waals surface area contributed by atoms with E-state index in [2.05, 4.69) is 15.2 Å². The molecule has 4 aromatic rings. The largest absolute Gasteiger partial charge is 0.434 e. The summed E-state index contributed by atoms with van der Waals surface area (Å²) in [5.41, 5.74) is 3.41. The number of ether oxygens (including phenoxy) is 1. The molecule has 0 unspecified atom stereocenters. The lowest BCUT2D eigenvalue weighted by molar-refractivity contribution is -0.386. The van der Waals surface area contributed by atoms with E-state index in [1.807, 2.05) is 54.8 Å². The average molecular weight is 401 g/mol. The first-order valence-electron chi connectivity index (χ1n) is 9.32. The number of hydrogen-bond acceptors (Lipinski definition) is 6. The Morgan fingerprint density at radius 2 is 1.67 bits per heavy atom. The minimum absolute atomic E-state index is 0.0335. The first kappa shape index (κ1) is 19.3. The monoisotopic (exact) mass is 401 g/mol. The predicted octanol–water partition coefficient (Wildman–Crippen LogP) is 4.96. The van der Waals surface area contributed by atoms with Crippen LogP contribution in [0.15, 0.2) is 60.7 Å². The van der Waals surface area contributed by atoms with Crippen molar-refractivity contribution in [2.24, 2.45) is 0 Å². The number of hydrogen-bond donors (Lipinski definition) is 0. The van der Waals surface area contributed by atoms with Gasteiger partial charge in [0, 0.05) is 23.0 Å². The van der Waals surface area contributed by atoms with E-state index in [0.717, 1.165) is 28.5 Å². The molecule has 0 amide bonds. The minimum atomic E-state index is -0.509. The maximum atomic E-state index is 11.2. The van der Waals surface area contributed by atoms with E-state index in [-0.39, 0.29) is 11.6 Å². The maximum Gasteiger partial charge on any atom is 0.331 e. The van der Waals surface area contributed by atoms with Crippen LogP contribution >= 0.6 is 0 Å². The molecule has 0 saturated heterocycles. The Morgan fingerprint density at radius 3 is 2.37 bits per heavy atom. The zero-order valence-electron chi connectivity index (χ0n) is 16.7. The van der Waals surface area contributed by atoms with Crippen LogP contribution in [0.4, 0.5) is 5.69 Å². The van der Waals surface area contributed by atoms with Gasteiger partial charge in [0.2, 0.25) is 0 Å². The zero-order valence-corrected chi connectivity index (χ0v) is 16.7. The number of nitrogens with zero attached hydrogens (tertiary/aromatic N) is 5. The van der Waals surface area contributed by atoms with Crippen molar-refractivity contribution >= 4 is 5.69 Å². The van der Waals surface area contributed by atoms with Crippen LogP contribution in [0.25, 0.3) is 17.1 Å². The van der Waals surface area contributed by atoms with Crippen molar-refractivity contribution < 1.29 is 9.66 Å². The number of aromatic nitrogens is 4. The number of pyridine rings is 1. The Morgan fingerprint density at radius 1 is 0.933 bits per heavy atom. The van der Waals surface area contributed by atoms with Gasteiger partial charge in [-0.3, -0.25) is 14.7 Å². The SMILES string of the molecule is Cc1ccc([N+](=O)[O-])c(Oc2ccc(-n3c(C)nnc3-c3ccccc3C)cc2)n1. The molecule has 8 nitrogen and oxygen atoms in total. The van der Waals surface area contributed by atoms with Gasteiger partial charge in [0.1, 0.15) is 11.6 Å². The van der Waals surface area contributed by atoms with Crippen LogP contribution in [0.2, 0.25) is 0 Å². The van der Waals surface area contributed by atoms with Crippen LogP contribution in [0.1, 0.15) is 17.1 Å². The van der Waals surface area contributed by atoms with Crippen LogP contribution in [0, 0.1) is 30.9 Å². The van der Waals surface area contributed by atoms with Gasteiger partial charge in [-0.1, -0.05) is 24.3 Å². The molecular formula is C22H19N5O3. The standard InChI is InChI=1S/C22H19N5O3/c1-14-6-4-5-7-19(14)21-25-24-16(3)26(21)17-9-11-18(12-10-17)30-22-20(27(28)29)13-8-15(2)23-22/h4-13H,1-3H3. The smallest absolute Gasteiger partial charge is 0.331 e. The zero-order chi connectivity index (χ0) is 21.3. The molecule has 150 valence electrons. The third-order valence-electron chi connectivity index (χ3n) is 4.70. The van der Waals surface area contributed by atoms with E-state index in [0.29, 0.717) is 11.4 Å². The molecule has 0 aliphatic carbocycles. The second-order valence-electron chi connectivity index (χ2n) is 6.85. The summed E-state index contributed by atoms with van der Waals surface area (Å²) in [6, 6.07) is 18.2. The molecular weight excluding hydrogens is 382 g/mol. The first-order valence-corrected chi connectivity index (χ1v) is 9.32. The third kappa shape index (κ3) is 3.62. The quantitative estimate of drug-likeness (QED) is 0.347. The molecule has 0 aliphatic heterocycles. The summed E-state index contributed by atoms with van der Waals surface area (Å²) >= 11 is 0. The van der Waals surface area contributed by atoms with Crippen molar-refractivity contribution in [3.8, 4) is 28.7 Å². The molecule has 0 N–H and O–H groups in total. The van der Waals surface area contributed by atoms with E-state index in [1.165, 1.54) is 6.07 Å². The normalized spacial score (nSPS) is 10.8. The van der Waals surface area contributed by atoms with Gasteiger partial charge < -0.3 is 4.74 Å². The maximum absolute atomic E-state index is 11.2. The molecule has 0 fully saturated rings. The molecule has 2 aromatic heterocycles. The first-order chi connectivity index (χ1) is 14.4. The molecule has 2 heterocycles. The summed E-state index contributed by atoms with van der Waals surface area (Å²) in [5, 5.41) is 19.8. The van der Waals surface area contributed by atoms with Gasteiger partial charge in [-0.25, -0.2) is 4.98 Å². The number of nitro groups is 1. The van der Waals surface area contributed by atoms with E-state index >= 15 is 0 Å². The highest BCUT2D eigenvalue weighted by Crippen LogP contribution is 2.31. The van der Waals surface area contributed by atoms with Gasteiger partial charge in [0.25, 0.3) is 5.88 Å². The fourth-order valence-electron chi connectivity index (χ4n) is 3.18. The Balaban J connectivity index is 1.68. The van der Waals surface area contributed by atoms with Crippen molar-refractivity contribution in [3.05, 3.63) is 87.9 Å². The van der Waals surface area contributed by atoms with Crippen molar-refractivity contribution in [2.75, 3.05) is 0 Å². The van der Waals surface area contributed by atoms with Crippen molar-refractivity contribution in [1.29, 1.82) is 0 Å². The van der Waals surface area contributed by atoms with Crippen molar-refractivity contribution in [1.82, 2.24) is 19.7 Å². The second kappa shape index (κ2) is 7.75. The lowest BCUT2D eigenvalue weighted by Gasteiger charge is -2.11. The topological polar surface area (TPSA) is 96.0 Å². The predicted molar refractivity (Wildman–Crippen MR) is 112 cm³/mol. The summed E-state index contributed by atoms with van der Waals surface area (Å²) in [6.07, 6.45) is 0. The van der Waals surface area contributed by atoms with Gasteiger partial charge in [-0.15, -0.1) is 10.2 Å². The summed E-state index contributed by atoms with van der Waals surface area (Å²) in [6.45, 7) is 5.67. The van der Waals surface area contributed by atoms with Crippen LogP contribution in [-0.4, -0.2) is 24.7 Å². The van der Waals surface area contributed by atoms with Gasteiger partial charge in [0.05, 0.1) is 4.92 Å². The molecule has 0 spiro atoms. The van der Waals surface area contributed by atoms with Gasteiger partial charge in [-0.05, 0) is 56.7 Å². The summed E-state index contributed by atoms with van der Waals surface area (Å²) in [4.78, 5) is 14.9. The minimum Gasteiger partial charge on any atom is -0.434 e. The molecule has 8 heteroatoms. The Bertz CT molecular complexity index is 1230. The molecule has 2 aromatic carbocycles. The van der Waals surface area contributed by atoms with Crippen molar-refractivity contribution in [2.45, 2.75) is 20.8 Å². The Kier molecular flexibility index (Phi) is 4.97. The highest BCUT2D eigenvalue weighted by molar-refractivity contribution is 5.63. The van der Waals surface area contributed by atoms with E-state index in [9.17, 15) is 10.1 Å². The Hall–Kier alpha value is -4.07. The molecule has 0 saturated carbocycles. The lowest BCUT2D eigenvalue weighted by Crippen LogP contribution is -2.01. The number of rotatable bonds is 5. The summed E-state index contributed by atoms with van der Waals surface area (Å²) in [7, 11) is 0. The molecule has 0 bridgehead atoms. The molecule has 0 aliphatic rings. The Labute approximate surface area is 173 Å². The lowest BCUT2D eigenvalue weighted by atomic mass is 10.1. The summed E-state index contributed by atoms with van der Waals surface area (Å²) < 4.78 is 7.65. The summed E-state index contributed by atoms with van der Waals surface area (Å²) in [5.74, 6) is 1.91. The van der Waals surface area contributed by atoms with Crippen LogP contribution < -0.4 is 4.74 Å². The van der Waals surface area contributed by atoms with Crippen LogP contribution in [0.3, 0.4) is 0 Å². The molecule has 0 atom stereocenters. The van der Waals surface area contributed by atoms with Gasteiger partial charge in [0.15, 0.2) is 5.82 Å². The molecule has 30 heavy (non-hydrogen) atoms. The van der Waals surface area contributed by atoms with E-state index < -0.39 is 4.92 Å². The van der Waals surface area contributed by atoms with Crippen LogP contribution in [0.5, 0.6) is 11.6 Å². The van der Waals surface area contributed by atoms with Crippen LogP contribution in [-0.2, 0) is 0 Å². The van der Waals surface area contributed by atoms with E-state index in [4.69, 9.17) is 4.74 Å². The molecule has 4 rings (SSSR count). The van der Waals surface area contributed by atoms with Gasteiger partial charge >= 0.3 is 5.69 Å². The molecule has 0 radical (unpaired) electrons. The van der Waals surface area contributed by atoms with Gasteiger partial charge in [-0.2, -0.15) is 0 Å². The highest BCUT2D eigenvalue weighted by atomic mass is 16.6. The fourth-order valence-corrected chi connectivity index (χ4v) is 3.18. The third-order valence-corrected chi connectivity index (χ3v) is 4.70. The number of aryl methyl sites for hydroxylation is 3. The fraction of sp³-hybridized carbons (Fsp3) is 0.136. The highest BCUT2D eigenvalue weighted by Gasteiger charge is 2.18.